The number of nitrogens with two attached hydrogens (primary N) is 1. The zero-order chi connectivity index (χ0) is 16.4. The van der Waals surface area contributed by atoms with Gasteiger partial charge in [-0.1, -0.05) is 23.5 Å². The van der Waals surface area contributed by atoms with Crippen molar-refractivity contribution in [3.05, 3.63) is 53.6 Å². The van der Waals surface area contributed by atoms with Crippen molar-refractivity contribution in [2.45, 2.75) is 6.54 Å². The van der Waals surface area contributed by atoms with Crippen molar-refractivity contribution in [3.8, 4) is 0 Å². The molecular weight excluding hydrogens is 308 g/mol. The molecule has 5 nitrogen and oxygen atoms in total. The Morgan fingerprint density at radius 3 is 2.65 bits per heavy atom. The summed E-state index contributed by atoms with van der Waals surface area (Å²) in [5.74, 6) is -0.101. The number of hydrogen-bond acceptors (Lipinski definition) is 5. The molecule has 0 bridgehead atoms. The lowest BCUT2D eigenvalue weighted by atomic mass is 10.1. The average Bonchev–Trinajstić information content (AvgIpc) is 2.92. The van der Waals surface area contributed by atoms with Gasteiger partial charge in [0, 0.05) is 31.9 Å². The SMILES string of the molecule is CN(C)c1ccc(CNC(=O)c2ccc3nc(N)sc3c2)cc1. The quantitative estimate of drug-likeness (QED) is 0.773. The Morgan fingerprint density at radius 1 is 1.22 bits per heavy atom. The van der Waals surface area contributed by atoms with Crippen LogP contribution in [-0.4, -0.2) is 25.0 Å². The first-order valence-electron chi connectivity index (χ1n) is 7.23. The van der Waals surface area contributed by atoms with Crippen LogP contribution in [0.3, 0.4) is 0 Å². The number of carbonyl (C=O) groups excluding carboxylic acids is 1. The Hall–Kier alpha value is -2.60. The number of carbonyl (C=O) groups is 1. The zero-order valence-electron chi connectivity index (χ0n) is 13.0. The van der Waals surface area contributed by atoms with E-state index in [1.54, 1.807) is 6.07 Å². The number of nitrogens with one attached hydrogen (secondary N) is 1. The molecule has 118 valence electrons. The molecule has 0 fully saturated rings. The summed E-state index contributed by atoms with van der Waals surface area (Å²) in [4.78, 5) is 18.5. The van der Waals surface area contributed by atoms with Gasteiger partial charge in [0.25, 0.3) is 5.91 Å². The molecule has 6 heteroatoms. The molecule has 0 unspecified atom stereocenters. The van der Waals surface area contributed by atoms with Crippen molar-refractivity contribution in [1.82, 2.24) is 10.3 Å². The smallest absolute Gasteiger partial charge is 0.251 e. The number of amides is 1. The number of nitrogen functional groups attached to an aromatic ring is 1. The van der Waals surface area contributed by atoms with Gasteiger partial charge < -0.3 is 16.0 Å². The minimum absolute atomic E-state index is 0.101. The van der Waals surface area contributed by atoms with Crippen molar-refractivity contribution < 1.29 is 4.79 Å². The summed E-state index contributed by atoms with van der Waals surface area (Å²) in [5.41, 5.74) is 9.32. The van der Waals surface area contributed by atoms with E-state index in [0.29, 0.717) is 17.2 Å². The maximum Gasteiger partial charge on any atom is 0.251 e. The average molecular weight is 326 g/mol. The van der Waals surface area contributed by atoms with Crippen molar-refractivity contribution in [2.24, 2.45) is 0 Å². The van der Waals surface area contributed by atoms with Crippen LogP contribution in [-0.2, 0) is 6.54 Å². The maximum atomic E-state index is 12.3. The fourth-order valence-electron chi connectivity index (χ4n) is 2.28. The van der Waals surface area contributed by atoms with E-state index in [4.69, 9.17) is 5.73 Å². The summed E-state index contributed by atoms with van der Waals surface area (Å²) in [6.07, 6.45) is 0. The minimum atomic E-state index is -0.101. The van der Waals surface area contributed by atoms with Crippen molar-refractivity contribution >= 4 is 38.3 Å². The first-order valence-corrected chi connectivity index (χ1v) is 8.05. The highest BCUT2D eigenvalue weighted by Crippen LogP contribution is 2.24. The number of hydrogen-bond donors (Lipinski definition) is 2. The summed E-state index contributed by atoms with van der Waals surface area (Å²) < 4.78 is 0.922. The highest BCUT2D eigenvalue weighted by atomic mass is 32.1. The lowest BCUT2D eigenvalue weighted by molar-refractivity contribution is 0.0951. The van der Waals surface area contributed by atoms with Crippen molar-refractivity contribution in [3.63, 3.8) is 0 Å². The van der Waals surface area contributed by atoms with E-state index in [1.807, 2.05) is 55.4 Å². The largest absolute Gasteiger partial charge is 0.378 e. The van der Waals surface area contributed by atoms with E-state index in [9.17, 15) is 4.79 Å². The standard InChI is InChI=1S/C17H18N4OS/c1-21(2)13-6-3-11(4-7-13)10-19-16(22)12-5-8-14-15(9-12)23-17(18)20-14/h3-9H,10H2,1-2H3,(H2,18,20)(H,19,22). The van der Waals surface area contributed by atoms with Gasteiger partial charge in [-0.2, -0.15) is 0 Å². The molecule has 1 amide bonds. The molecular formula is C17H18N4OS. The van der Waals surface area contributed by atoms with Gasteiger partial charge in [0.05, 0.1) is 10.2 Å². The molecule has 3 aromatic rings. The number of anilines is 2. The molecule has 2 aromatic carbocycles. The van der Waals surface area contributed by atoms with E-state index in [2.05, 4.69) is 10.3 Å². The third-order valence-electron chi connectivity index (χ3n) is 3.57. The second kappa shape index (κ2) is 6.26. The van der Waals surface area contributed by atoms with Crippen LogP contribution in [0.25, 0.3) is 10.2 Å². The third-order valence-corrected chi connectivity index (χ3v) is 4.42. The molecule has 1 heterocycles. The molecule has 3 rings (SSSR count). The molecule has 0 spiro atoms. The van der Waals surface area contributed by atoms with Gasteiger partial charge in [0.15, 0.2) is 5.13 Å². The van der Waals surface area contributed by atoms with Gasteiger partial charge >= 0.3 is 0 Å². The molecule has 0 saturated heterocycles. The van der Waals surface area contributed by atoms with Crippen molar-refractivity contribution in [2.75, 3.05) is 24.7 Å². The van der Waals surface area contributed by atoms with Crippen LogP contribution in [0.4, 0.5) is 10.8 Å². The zero-order valence-corrected chi connectivity index (χ0v) is 13.9. The summed E-state index contributed by atoms with van der Waals surface area (Å²) in [7, 11) is 4.00. The molecule has 0 aliphatic heterocycles. The summed E-state index contributed by atoms with van der Waals surface area (Å²) in [5, 5.41) is 3.45. The summed E-state index contributed by atoms with van der Waals surface area (Å²) in [6.45, 7) is 0.495. The van der Waals surface area contributed by atoms with Gasteiger partial charge in [-0.3, -0.25) is 4.79 Å². The van der Waals surface area contributed by atoms with Crippen LogP contribution in [0.1, 0.15) is 15.9 Å². The molecule has 23 heavy (non-hydrogen) atoms. The van der Waals surface area contributed by atoms with Crippen LogP contribution in [0.5, 0.6) is 0 Å². The van der Waals surface area contributed by atoms with Crippen LogP contribution < -0.4 is 16.0 Å². The lowest BCUT2D eigenvalue weighted by Gasteiger charge is -2.13. The highest BCUT2D eigenvalue weighted by Gasteiger charge is 2.08. The summed E-state index contributed by atoms with van der Waals surface area (Å²) >= 11 is 1.38. The van der Waals surface area contributed by atoms with Gasteiger partial charge in [-0.05, 0) is 35.9 Å². The Balaban J connectivity index is 1.68. The molecule has 1 aromatic heterocycles. The Bertz CT molecular complexity index is 839. The lowest BCUT2D eigenvalue weighted by Crippen LogP contribution is -2.22. The van der Waals surface area contributed by atoms with Gasteiger partial charge in [0.2, 0.25) is 0 Å². The molecule has 0 atom stereocenters. The topological polar surface area (TPSA) is 71.2 Å². The van der Waals surface area contributed by atoms with E-state index in [-0.39, 0.29) is 5.91 Å². The minimum Gasteiger partial charge on any atom is -0.378 e. The van der Waals surface area contributed by atoms with E-state index < -0.39 is 0 Å². The molecule has 0 aliphatic carbocycles. The van der Waals surface area contributed by atoms with E-state index in [0.717, 1.165) is 21.5 Å². The van der Waals surface area contributed by atoms with E-state index in [1.165, 1.54) is 11.3 Å². The second-order valence-electron chi connectivity index (χ2n) is 5.48. The second-order valence-corrected chi connectivity index (χ2v) is 6.54. The maximum absolute atomic E-state index is 12.3. The first-order chi connectivity index (χ1) is 11.0. The molecule has 0 aliphatic rings. The van der Waals surface area contributed by atoms with Crippen LogP contribution >= 0.6 is 11.3 Å². The monoisotopic (exact) mass is 326 g/mol. The Labute approximate surface area is 138 Å². The molecule has 0 saturated carbocycles. The fraction of sp³-hybridized carbons (Fsp3) is 0.176. The van der Waals surface area contributed by atoms with E-state index >= 15 is 0 Å². The predicted molar refractivity (Wildman–Crippen MR) is 96.0 cm³/mol. The molecule has 0 radical (unpaired) electrons. The first kappa shape index (κ1) is 15.3. The van der Waals surface area contributed by atoms with Gasteiger partial charge in [0.1, 0.15) is 0 Å². The van der Waals surface area contributed by atoms with Crippen LogP contribution in [0, 0.1) is 0 Å². The summed E-state index contributed by atoms with van der Waals surface area (Å²) in [6, 6.07) is 13.5. The Kier molecular flexibility index (Phi) is 4.16. The van der Waals surface area contributed by atoms with Gasteiger partial charge in [-0.15, -0.1) is 0 Å². The van der Waals surface area contributed by atoms with Crippen LogP contribution in [0.2, 0.25) is 0 Å². The third kappa shape index (κ3) is 3.43. The van der Waals surface area contributed by atoms with Gasteiger partial charge in [-0.25, -0.2) is 4.98 Å². The normalized spacial score (nSPS) is 10.7. The number of aromatic nitrogens is 1. The van der Waals surface area contributed by atoms with Crippen molar-refractivity contribution in [1.29, 1.82) is 0 Å². The Morgan fingerprint density at radius 2 is 1.96 bits per heavy atom. The highest BCUT2D eigenvalue weighted by molar-refractivity contribution is 7.22. The molecule has 3 N–H and O–H groups in total. The number of thiazole rings is 1. The van der Waals surface area contributed by atoms with Crippen LogP contribution in [0.15, 0.2) is 42.5 Å². The number of benzene rings is 2. The number of rotatable bonds is 4. The number of fused-ring (bicyclic) bond motifs is 1. The number of nitrogens with zero attached hydrogens (tertiary/aromatic N) is 2. The fourth-order valence-corrected chi connectivity index (χ4v) is 3.05. The predicted octanol–water partition coefficient (Wildman–Crippen LogP) is 2.87.